The summed E-state index contributed by atoms with van der Waals surface area (Å²) in [7, 11) is 0. The zero-order valence-electron chi connectivity index (χ0n) is 11.1. The molecular weight excluding hydrogens is 234 g/mol. The molecule has 2 nitrogen and oxygen atoms in total. The molecule has 1 N–H and O–H groups in total. The molecule has 1 aromatic rings. The van der Waals surface area contributed by atoms with Gasteiger partial charge in [0.1, 0.15) is 12.4 Å². The second-order valence-electron chi connectivity index (χ2n) is 5.50. The Kier molecular flexibility index (Phi) is 5.29. The molecule has 0 spiro atoms. The molecule has 0 unspecified atom stereocenters. The Morgan fingerprint density at radius 2 is 2.00 bits per heavy atom. The van der Waals surface area contributed by atoms with Crippen LogP contribution in [0.5, 0.6) is 5.75 Å². The average molecular weight is 256 g/mol. The Morgan fingerprint density at radius 1 is 1.29 bits per heavy atom. The summed E-state index contributed by atoms with van der Waals surface area (Å²) in [4.78, 5) is 0. The van der Waals surface area contributed by atoms with Crippen molar-refractivity contribution in [1.82, 2.24) is 5.32 Å². The third kappa shape index (κ3) is 5.94. The molecule has 0 heterocycles. The van der Waals surface area contributed by atoms with Crippen LogP contribution < -0.4 is 10.1 Å². The molecule has 0 atom stereocenters. The normalized spacial score (nSPS) is 11.6. The van der Waals surface area contributed by atoms with Crippen molar-refractivity contribution >= 4 is 11.6 Å². The van der Waals surface area contributed by atoms with Gasteiger partial charge < -0.3 is 10.1 Å². The number of rotatable bonds is 5. The highest BCUT2D eigenvalue weighted by Crippen LogP contribution is 2.20. The molecule has 0 aliphatic rings. The Labute approximate surface area is 109 Å². The molecule has 0 fully saturated rings. The van der Waals surface area contributed by atoms with Gasteiger partial charge in [0.05, 0.1) is 0 Å². The molecule has 0 bridgehead atoms. The van der Waals surface area contributed by atoms with Crippen LogP contribution in [-0.4, -0.2) is 19.7 Å². The van der Waals surface area contributed by atoms with Crippen molar-refractivity contribution in [3.63, 3.8) is 0 Å². The van der Waals surface area contributed by atoms with E-state index in [1.54, 1.807) is 0 Å². The van der Waals surface area contributed by atoms with Crippen LogP contribution in [-0.2, 0) is 0 Å². The van der Waals surface area contributed by atoms with Gasteiger partial charge in [0.2, 0.25) is 0 Å². The number of hydrogen-bond donors (Lipinski definition) is 1. The second-order valence-corrected chi connectivity index (χ2v) is 5.90. The van der Waals surface area contributed by atoms with Crippen molar-refractivity contribution in [2.45, 2.75) is 27.7 Å². The molecule has 0 saturated carbocycles. The van der Waals surface area contributed by atoms with E-state index in [2.05, 4.69) is 26.1 Å². The average Bonchev–Trinajstić information content (AvgIpc) is 2.21. The summed E-state index contributed by atoms with van der Waals surface area (Å²) in [5, 5.41) is 4.15. The lowest BCUT2D eigenvalue weighted by atomic mass is 9.97. The highest BCUT2D eigenvalue weighted by atomic mass is 35.5. The second kappa shape index (κ2) is 6.27. The molecule has 17 heavy (non-hydrogen) atoms. The molecule has 3 heteroatoms. The highest BCUT2D eigenvalue weighted by Gasteiger charge is 2.08. The fraction of sp³-hybridized carbons (Fsp3) is 0.571. The Balaban J connectivity index is 2.25. The first-order valence-electron chi connectivity index (χ1n) is 5.98. The predicted octanol–water partition coefficient (Wildman–Crippen LogP) is 3.66. The molecule has 0 aliphatic heterocycles. The van der Waals surface area contributed by atoms with Crippen molar-refractivity contribution in [1.29, 1.82) is 0 Å². The fourth-order valence-electron chi connectivity index (χ4n) is 1.41. The maximum absolute atomic E-state index is 5.95. The lowest BCUT2D eigenvalue weighted by molar-refractivity contribution is 0.297. The highest BCUT2D eigenvalue weighted by molar-refractivity contribution is 6.31. The van der Waals surface area contributed by atoms with Gasteiger partial charge in [-0.1, -0.05) is 32.4 Å². The van der Waals surface area contributed by atoms with Gasteiger partial charge in [0.25, 0.3) is 0 Å². The largest absolute Gasteiger partial charge is 0.492 e. The smallest absolute Gasteiger partial charge is 0.119 e. The fourth-order valence-corrected chi connectivity index (χ4v) is 1.53. The molecule has 0 saturated heterocycles. The van der Waals surface area contributed by atoms with Crippen LogP contribution in [0.1, 0.15) is 26.3 Å². The molecule has 1 rings (SSSR count). The number of ether oxygens (including phenoxy) is 1. The Morgan fingerprint density at radius 3 is 2.59 bits per heavy atom. The van der Waals surface area contributed by atoms with Crippen molar-refractivity contribution < 1.29 is 4.74 Å². The maximum Gasteiger partial charge on any atom is 0.119 e. The molecule has 0 aliphatic carbocycles. The van der Waals surface area contributed by atoms with E-state index in [0.29, 0.717) is 12.0 Å². The minimum Gasteiger partial charge on any atom is -0.492 e. The Hall–Kier alpha value is -0.730. The van der Waals surface area contributed by atoms with E-state index in [1.807, 2.05) is 25.1 Å². The van der Waals surface area contributed by atoms with Crippen molar-refractivity contribution in [3.05, 3.63) is 28.8 Å². The van der Waals surface area contributed by atoms with E-state index in [-0.39, 0.29) is 0 Å². The number of hydrogen-bond acceptors (Lipinski definition) is 2. The zero-order valence-corrected chi connectivity index (χ0v) is 11.9. The van der Waals surface area contributed by atoms with E-state index in [9.17, 15) is 0 Å². The standard InChI is InChI=1S/C14H22ClNO/c1-11-9-12(5-6-13(11)15)17-8-7-16-10-14(2,3)4/h5-6,9,16H,7-8,10H2,1-4H3. The summed E-state index contributed by atoms with van der Waals surface area (Å²) in [5.41, 5.74) is 1.36. The van der Waals surface area contributed by atoms with Gasteiger partial charge in [0, 0.05) is 18.1 Å². The first kappa shape index (κ1) is 14.3. The monoisotopic (exact) mass is 255 g/mol. The lowest BCUT2D eigenvalue weighted by Crippen LogP contribution is -2.30. The number of benzene rings is 1. The van der Waals surface area contributed by atoms with E-state index in [0.717, 1.165) is 29.4 Å². The number of halogens is 1. The summed E-state index contributed by atoms with van der Waals surface area (Å²) in [6.07, 6.45) is 0. The van der Waals surface area contributed by atoms with Crippen molar-refractivity contribution in [3.8, 4) is 5.75 Å². The maximum atomic E-state index is 5.95. The summed E-state index contributed by atoms with van der Waals surface area (Å²) in [5.74, 6) is 0.879. The van der Waals surface area contributed by atoms with Crippen LogP contribution in [0.4, 0.5) is 0 Å². The number of nitrogens with one attached hydrogen (secondary N) is 1. The minimum atomic E-state index is 0.316. The van der Waals surface area contributed by atoms with Crippen molar-refractivity contribution in [2.75, 3.05) is 19.7 Å². The van der Waals surface area contributed by atoms with Gasteiger partial charge in [-0.15, -0.1) is 0 Å². The van der Waals surface area contributed by atoms with Crippen molar-refractivity contribution in [2.24, 2.45) is 5.41 Å². The summed E-state index contributed by atoms with van der Waals surface area (Å²) < 4.78 is 5.64. The predicted molar refractivity (Wildman–Crippen MR) is 74.0 cm³/mol. The molecule has 0 aromatic heterocycles. The summed E-state index contributed by atoms with van der Waals surface area (Å²) >= 11 is 5.95. The Bertz CT molecular complexity index is 358. The van der Waals surface area contributed by atoms with Gasteiger partial charge in [-0.25, -0.2) is 0 Å². The van der Waals surface area contributed by atoms with E-state index in [1.165, 1.54) is 0 Å². The summed E-state index contributed by atoms with van der Waals surface area (Å²) in [6, 6.07) is 5.74. The number of aryl methyl sites for hydroxylation is 1. The van der Waals surface area contributed by atoms with Crippen LogP contribution in [0.15, 0.2) is 18.2 Å². The summed E-state index contributed by atoms with van der Waals surface area (Å²) in [6.45, 7) is 11.1. The van der Waals surface area contributed by atoms with E-state index in [4.69, 9.17) is 16.3 Å². The first-order chi connectivity index (χ1) is 7.88. The quantitative estimate of drug-likeness (QED) is 0.811. The van der Waals surface area contributed by atoms with Crippen LogP contribution in [0, 0.1) is 12.3 Å². The molecular formula is C14H22ClNO. The van der Waals surface area contributed by atoms with Crippen LogP contribution in [0.25, 0.3) is 0 Å². The van der Waals surface area contributed by atoms with Gasteiger partial charge in [0.15, 0.2) is 0 Å². The SMILES string of the molecule is Cc1cc(OCCNCC(C)(C)C)ccc1Cl. The van der Waals surface area contributed by atoms with Gasteiger partial charge in [-0.2, -0.15) is 0 Å². The minimum absolute atomic E-state index is 0.316. The van der Waals surface area contributed by atoms with Crippen LogP contribution >= 0.6 is 11.6 Å². The van der Waals surface area contributed by atoms with Crippen LogP contribution in [0.2, 0.25) is 5.02 Å². The first-order valence-corrected chi connectivity index (χ1v) is 6.36. The third-order valence-electron chi connectivity index (χ3n) is 2.33. The van der Waals surface area contributed by atoms with E-state index < -0.39 is 0 Å². The third-order valence-corrected chi connectivity index (χ3v) is 2.76. The van der Waals surface area contributed by atoms with Gasteiger partial charge in [-0.3, -0.25) is 0 Å². The van der Waals surface area contributed by atoms with Gasteiger partial charge in [-0.05, 0) is 36.1 Å². The zero-order chi connectivity index (χ0) is 12.9. The van der Waals surface area contributed by atoms with E-state index >= 15 is 0 Å². The molecule has 1 aromatic carbocycles. The van der Waals surface area contributed by atoms with Crippen LogP contribution in [0.3, 0.4) is 0 Å². The molecule has 0 radical (unpaired) electrons. The topological polar surface area (TPSA) is 21.3 Å². The lowest BCUT2D eigenvalue weighted by Gasteiger charge is -2.18. The van der Waals surface area contributed by atoms with Gasteiger partial charge >= 0.3 is 0 Å². The molecule has 96 valence electrons. The molecule has 0 amide bonds.